The number of hydrogen-bond donors (Lipinski definition) is 0. The summed E-state index contributed by atoms with van der Waals surface area (Å²) >= 11 is 0. The number of carbonyl (C=O) groups is 3. The van der Waals surface area contributed by atoms with Crippen molar-refractivity contribution >= 4 is 33.6 Å². The molecule has 2 aromatic heterocycles. The lowest BCUT2D eigenvalue weighted by Crippen LogP contribution is -2.21. The van der Waals surface area contributed by atoms with Crippen molar-refractivity contribution in [1.82, 2.24) is 4.40 Å². The van der Waals surface area contributed by atoms with E-state index >= 15 is 0 Å². The van der Waals surface area contributed by atoms with Crippen LogP contribution < -0.4 is 0 Å². The number of ketones is 3. The van der Waals surface area contributed by atoms with Crippen LogP contribution in [-0.4, -0.2) is 21.8 Å². The minimum Gasteiger partial charge on any atom is -0.312 e. The molecule has 0 N–H and O–H groups in total. The van der Waals surface area contributed by atoms with Crippen LogP contribution in [0.5, 0.6) is 0 Å². The quantitative estimate of drug-likeness (QED) is 0.433. The minimum atomic E-state index is -0.270. The van der Waals surface area contributed by atoms with Gasteiger partial charge >= 0.3 is 0 Å². The monoisotopic (exact) mass is 339 g/mol. The van der Waals surface area contributed by atoms with Crippen LogP contribution in [0.2, 0.25) is 0 Å². The summed E-state index contributed by atoms with van der Waals surface area (Å²) in [5.74, 6) is -0.721. The lowest BCUT2D eigenvalue weighted by Gasteiger charge is -2.15. The number of rotatable bonds is 1. The Labute approximate surface area is 148 Å². The average Bonchev–Trinajstić information content (AvgIpc) is 3.02. The molecule has 1 aliphatic carbocycles. The first-order chi connectivity index (χ1) is 12.6. The Bertz CT molecular complexity index is 1290. The maximum atomic E-state index is 13.3. The first kappa shape index (κ1) is 14.8. The zero-order valence-corrected chi connectivity index (χ0v) is 13.9. The molecule has 124 valence electrons. The van der Waals surface area contributed by atoms with E-state index in [1.165, 1.54) is 6.92 Å². The van der Waals surface area contributed by atoms with Crippen molar-refractivity contribution in [3.63, 3.8) is 0 Å². The van der Waals surface area contributed by atoms with E-state index in [0.717, 1.165) is 10.8 Å². The van der Waals surface area contributed by atoms with Gasteiger partial charge in [-0.1, -0.05) is 48.5 Å². The SMILES string of the molecule is CC(=O)c1c2c(c3c4ccccc4ccn13)C(=O)c1ccccc1C2=O. The molecule has 2 heterocycles. The molecular weight excluding hydrogens is 326 g/mol. The van der Waals surface area contributed by atoms with E-state index in [1.54, 1.807) is 34.9 Å². The molecule has 0 atom stereocenters. The normalized spacial score (nSPS) is 13.1. The number of pyridine rings is 1. The predicted octanol–water partition coefficient (Wildman–Crippen LogP) is 4.07. The highest BCUT2D eigenvalue weighted by Gasteiger charge is 2.37. The van der Waals surface area contributed by atoms with Crippen LogP contribution in [0.25, 0.3) is 16.3 Å². The maximum Gasteiger partial charge on any atom is 0.196 e. The molecule has 0 unspecified atom stereocenters. The van der Waals surface area contributed by atoms with E-state index in [9.17, 15) is 14.4 Å². The third-order valence-corrected chi connectivity index (χ3v) is 5.03. The van der Waals surface area contributed by atoms with Gasteiger partial charge in [-0.25, -0.2) is 0 Å². The van der Waals surface area contributed by atoms with Crippen molar-refractivity contribution in [1.29, 1.82) is 0 Å². The predicted molar refractivity (Wildman–Crippen MR) is 98.2 cm³/mol. The summed E-state index contributed by atoms with van der Waals surface area (Å²) in [4.78, 5) is 38.8. The van der Waals surface area contributed by atoms with Crippen LogP contribution >= 0.6 is 0 Å². The molecule has 0 aliphatic heterocycles. The summed E-state index contributed by atoms with van der Waals surface area (Å²) in [6.45, 7) is 1.43. The second-order valence-corrected chi connectivity index (χ2v) is 6.48. The summed E-state index contributed by atoms with van der Waals surface area (Å²) in [5.41, 5.74) is 2.19. The van der Waals surface area contributed by atoms with Crippen molar-refractivity contribution in [3.8, 4) is 0 Å². The zero-order valence-electron chi connectivity index (χ0n) is 13.9. The van der Waals surface area contributed by atoms with Gasteiger partial charge in [-0.15, -0.1) is 0 Å². The average molecular weight is 339 g/mol. The fourth-order valence-electron chi connectivity index (χ4n) is 3.95. The Balaban J connectivity index is 2.05. The van der Waals surface area contributed by atoms with Crippen LogP contribution in [0.1, 0.15) is 49.3 Å². The number of aromatic nitrogens is 1. The maximum absolute atomic E-state index is 13.3. The summed E-state index contributed by atoms with van der Waals surface area (Å²) in [5, 5.41) is 1.80. The molecule has 0 saturated heterocycles. The van der Waals surface area contributed by atoms with Gasteiger partial charge in [-0.05, 0) is 11.5 Å². The lowest BCUT2D eigenvalue weighted by molar-refractivity contribution is 0.0968. The molecule has 26 heavy (non-hydrogen) atoms. The van der Waals surface area contributed by atoms with Crippen molar-refractivity contribution in [2.45, 2.75) is 6.92 Å². The highest BCUT2D eigenvalue weighted by atomic mass is 16.1. The van der Waals surface area contributed by atoms with Crippen LogP contribution in [-0.2, 0) is 0 Å². The van der Waals surface area contributed by atoms with Crippen LogP contribution in [0, 0.1) is 0 Å². The van der Waals surface area contributed by atoms with Crippen LogP contribution in [0.4, 0.5) is 0 Å². The number of hydrogen-bond acceptors (Lipinski definition) is 3. The number of Topliss-reactive ketones (excluding diaryl/α,β-unsaturated/α-hetero) is 1. The zero-order chi connectivity index (χ0) is 18.0. The topological polar surface area (TPSA) is 55.6 Å². The van der Waals surface area contributed by atoms with Gasteiger partial charge in [0.25, 0.3) is 0 Å². The smallest absolute Gasteiger partial charge is 0.196 e. The number of carbonyl (C=O) groups excluding carboxylic acids is 3. The van der Waals surface area contributed by atoms with Crippen LogP contribution in [0.3, 0.4) is 0 Å². The highest BCUT2D eigenvalue weighted by Crippen LogP contribution is 2.37. The molecule has 0 fully saturated rings. The van der Waals surface area contributed by atoms with E-state index in [2.05, 4.69) is 0 Å². The third-order valence-electron chi connectivity index (χ3n) is 5.03. The molecule has 4 aromatic rings. The Morgan fingerprint density at radius 2 is 1.42 bits per heavy atom. The Kier molecular flexibility index (Phi) is 2.84. The second kappa shape index (κ2) is 4.99. The number of benzene rings is 2. The first-order valence-electron chi connectivity index (χ1n) is 8.34. The van der Waals surface area contributed by atoms with E-state index in [0.29, 0.717) is 22.2 Å². The third kappa shape index (κ3) is 1.70. The van der Waals surface area contributed by atoms with Gasteiger partial charge in [0, 0.05) is 29.6 Å². The van der Waals surface area contributed by atoms with E-state index in [4.69, 9.17) is 0 Å². The summed E-state index contributed by atoms with van der Waals surface area (Å²) < 4.78 is 1.69. The lowest BCUT2D eigenvalue weighted by atomic mass is 9.84. The van der Waals surface area contributed by atoms with E-state index in [-0.39, 0.29) is 28.6 Å². The fraction of sp³-hybridized carbons (Fsp3) is 0.0455. The van der Waals surface area contributed by atoms with Crippen LogP contribution in [0.15, 0.2) is 60.8 Å². The first-order valence-corrected chi connectivity index (χ1v) is 8.34. The molecule has 1 aliphatic rings. The Morgan fingerprint density at radius 3 is 2.12 bits per heavy atom. The summed E-state index contributed by atoms with van der Waals surface area (Å²) in [6, 6.07) is 16.3. The highest BCUT2D eigenvalue weighted by molar-refractivity contribution is 6.34. The molecule has 0 bridgehead atoms. The molecule has 0 radical (unpaired) electrons. The molecule has 5 rings (SSSR count). The standard InChI is InChI=1S/C22H13NO3/c1-12(24)19-17-18(22(26)16-9-5-4-8-15(16)21(17)25)20-14-7-3-2-6-13(14)10-11-23(19)20/h2-11H,1H3. The van der Waals surface area contributed by atoms with Crippen molar-refractivity contribution < 1.29 is 14.4 Å². The van der Waals surface area contributed by atoms with Gasteiger partial charge in [0.05, 0.1) is 16.6 Å². The second-order valence-electron chi connectivity index (χ2n) is 6.48. The van der Waals surface area contributed by atoms with E-state index < -0.39 is 0 Å². The van der Waals surface area contributed by atoms with Gasteiger partial charge in [0.2, 0.25) is 0 Å². The summed E-state index contributed by atoms with van der Waals surface area (Å²) in [6.07, 6.45) is 1.76. The molecule has 0 saturated carbocycles. The minimum absolute atomic E-state index is 0.212. The fourth-order valence-corrected chi connectivity index (χ4v) is 3.95. The summed E-state index contributed by atoms with van der Waals surface area (Å²) in [7, 11) is 0. The molecule has 4 nitrogen and oxygen atoms in total. The van der Waals surface area contributed by atoms with E-state index in [1.807, 2.05) is 30.3 Å². The molecular formula is C22H13NO3. The van der Waals surface area contributed by atoms with Gasteiger partial charge in [0.1, 0.15) is 5.69 Å². The van der Waals surface area contributed by atoms with Gasteiger partial charge in [-0.3, -0.25) is 14.4 Å². The molecule has 0 spiro atoms. The Hall–Kier alpha value is -3.53. The molecule has 2 aromatic carbocycles. The van der Waals surface area contributed by atoms with Gasteiger partial charge in [0.15, 0.2) is 17.3 Å². The largest absolute Gasteiger partial charge is 0.312 e. The Morgan fingerprint density at radius 1 is 0.808 bits per heavy atom. The molecule has 0 amide bonds. The number of fused-ring (bicyclic) bond motifs is 6. The number of nitrogens with zero attached hydrogens (tertiary/aromatic N) is 1. The van der Waals surface area contributed by atoms with Crippen molar-refractivity contribution in [2.24, 2.45) is 0 Å². The van der Waals surface area contributed by atoms with Gasteiger partial charge < -0.3 is 4.40 Å². The molecule has 4 heteroatoms. The van der Waals surface area contributed by atoms with Crippen molar-refractivity contribution in [2.75, 3.05) is 0 Å². The van der Waals surface area contributed by atoms with Gasteiger partial charge in [-0.2, -0.15) is 0 Å². The van der Waals surface area contributed by atoms with Crippen molar-refractivity contribution in [3.05, 3.63) is 88.7 Å².